The number of aryl methyl sites for hydroxylation is 1. The number of nitrogens with zero attached hydrogens (tertiary/aromatic N) is 3. The van der Waals surface area contributed by atoms with E-state index in [1.807, 2.05) is 31.2 Å². The number of fused-ring (bicyclic) bond motifs is 1. The van der Waals surface area contributed by atoms with Gasteiger partial charge in [-0.15, -0.1) is 0 Å². The lowest BCUT2D eigenvalue weighted by Crippen LogP contribution is -2.29. The van der Waals surface area contributed by atoms with Gasteiger partial charge in [-0.3, -0.25) is 14.5 Å². The maximum Gasteiger partial charge on any atom is 0.262 e. The first-order valence-electron chi connectivity index (χ1n) is 7.49. The van der Waals surface area contributed by atoms with Gasteiger partial charge in [-0.1, -0.05) is 41.6 Å². The normalized spacial score (nSPS) is 13.5. The molecule has 0 fully saturated rings. The number of imide groups is 1. The van der Waals surface area contributed by atoms with Gasteiger partial charge in [0, 0.05) is 5.56 Å². The van der Waals surface area contributed by atoms with Gasteiger partial charge in [0.1, 0.15) is 6.54 Å². The van der Waals surface area contributed by atoms with E-state index in [4.69, 9.17) is 4.52 Å². The number of rotatable bonds is 3. The monoisotopic (exact) mass is 319 g/mol. The van der Waals surface area contributed by atoms with Crippen LogP contribution in [0.3, 0.4) is 0 Å². The zero-order valence-electron chi connectivity index (χ0n) is 12.9. The summed E-state index contributed by atoms with van der Waals surface area (Å²) in [5.41, 5.74) is 2.68. The van der Waals surface area contributed by atoms with Crippen molar-refractivity contribution < 1.29 is 14.1 Å². The SMILES string of the molecule is Cc1ccccc1-c1noc(CN2C(=O)c3ccccc3C2=O)n1. The summed E-state index contributed by atoms with van der Waals surface area (Å²) in [4.78, 5) is 30.2. The average molecular weight is 319 g/mol. The number of carbonyl (C=O) groups excluding carboxylic acids is 2. The summed E-state index contributed by atoms with van der Waals surface area (Å²) in [7, 11) is 0. The van der Waals surface area contributed by atoms with Crippen molar-refractivity contribution in [3.8, 4) is 11.4 Å². The molecule has 0 atom stereocenters. The highest BCUT2D eigenvalue weighted by Crippen LogP contribution is 2.25. The van der Waals surface area contributed by atoms with Crippen molar-refractivity contribution in [2.24, 2.45) is 0 Å². The van der Waals surface area contributed by atoms with E-state index >= 15 is 0 Å². The van der Waals surface area contributed by atoms with Crippen LogP contribution >= 0.6 is 0 Å². The molecule has 6 heteroatoms. The minimum atomic E-state index is -0.341. The fourth-order valence-corrected chi connectivity index (χ4v) is 2.77. The van der Waals surface area contributed by atoms with Gasteiger partial charge in [0.2, 0.25) is 11.7 Å². The van der Waals surface area contributed by atoms with Gasteiger partial charge in [0.15, 0.2) is 0 Å². The second-order valence-electron chi connectivity index (χ2n) is 5.57. The summed E-state index contributed by atoms with van der Waals surface area (Å²) in [5.74, 6) is -0.0139. The predicted molar refractivity (Wildman–Crippen MR) is 85.1 cm³/mol. The summed E-state index contributed by atoms with van der Waals surface area (Å²) in [6, 6.07) is 14.4. The van der Waals surface area contributed by atoms with E-state index in [1.54, 1.807) is 24.3 Å². The molecule has 2 aromatic carbocycles. The van der Waals surface area contributed by atoms with E-state index in [1.165, 1.54) is 0 Å². The first-order chi connectivity index (χ1) is 11.6. The molecule has 118 valence electrons. The molecule has 0 radical (unpaired) electrons. The standard InChI is InChI=1S/C18H13N3O3/c1-11-6-2-3-7-12(11)16-19-15(24-20-16)10-21-17(22)13-8-4-5-9-14(13)18(21)23/h2-9H,10H2,1H3. The van der Waals surface area contributed by atoms with Crippen LogP contribution in [0.15, 0.2) is 53.1 Å². The number of hydrogen-bond acceptors (Lipinski definition) is 5. The number of amides is 2. The molecule has 0 saturated carbocycles. The lowest BCUT2D eigenvalue weighted by atomic mass is 10.1. The van der Waals surface area contributed by atoms with Crippen LogP contribution in [-0.2, 0) is 6.54 Å². The molecule has 6 nitrogen and oxygen atoms in total. The molecule has 2 amide bonds. The molecule has 0 unspecified atom stereocenters. The highest BCUT2D eigenvalue weighted by atomic mass is 16.5. The fraction of sp³-hybridized carbons (Fsp3) is 0.111. The van der Waals surface area contributed by atoms with E-state index < -0.39 is 0 Å². The molecule has 3 aromatic rings. The largest absolute Gasteiger partial charge is 0.337 e. The molecule has 24 heavy (non-hydrogen) atoms. The van der Waals surface area contributed by atoms with Crippen molar-refractivity contribution in [1.82, 2.24) is 15.0 Å². The Kier molecular flexibility index (Phi) is 3.23. The lowest BCUT2D eigenvalue weighted by molar-refractivity contribution is 0.0625. The van der Waals surface area contributed by atoms with Gasteiger partial charge >= 0.3 is 0 Å². The topological polar surface area (TPSA) is 76.3 Å². The number of hydrogen-bond donors (Lipinski definition) is 0. The Balaban J connectivity index is 1.61. The molecule has 1 aliphatic heterocycles. The Labute approximate surface area is 137 Å². The van der Waals surface area contributed by atoms with Crippen LogP contribution < -0.4 is 0 Å². The van der Waals surface area contributed by atoms with Crippen molar-refractivity contribution in [1.29, 1.82) is 0 Å². The third-order valence-electron chi connectivity index (χ3n) is 4.03. The lowest BCUT2D eigenvalue weighted by Gasteiger charge is -2.09. The van der Waals surface area contributed by atoms with Crippen molar-refractivity contribution >= 4 is 11.8 Å². The molecular formula is C18H13N3O3. The minimum absolute atomic E-state index is 0.0365. The van der Waals surface area contributed by atoms with Crippen LogP contribution in [0.1, 0.15) is 32.2 Å². The predicted octanol–water partition coefficient (Wildman–Crippen LogP) is 2.84. The van der Waals surface area contributed by atoms with Crippen LogP contribution in [0.4, 0.5) is 0 Å². The third kappa shape index (κ3) is 2.20. The van der Waals surface area contributed by atoms with Gasteiger partial charge in [-0.25, -0.2) is 0 Å². The molecular weight excluding hydrogens is 306 g/mol. The fourth-order valence-electron chi connectivity index (χ4n) is 2.77. The minimum Gasteiger partial charge on any atom is -0.337 e. The summed E-state index contributed by atoms with van der Waals surface area (Å²) >= 11 is 0. The third-order valence-corrected chi connectivity index (χ3v) is 4.03. The molecule has 1 aliphatic rings. The number of carbonyl (C=O) groups is 2. The van der Waals surface area contributed by atoms with E-state index in [0.717, 1.165) is 16.0 Å². The van der Waals surface area contributed by atoms with Crippen LogP contribution in [-0.4, -0.2) is 26.9 Å². The Morgan fingerprint density at radius 2 is 1.50 bits per heavy atom. The van der Waals surface area contributed by atoms with E-state index in [9.17, 15) is 9.59 Å². The molecule has 2 heterocycles. The zero-order valence-corrected chi connectivity index (χ0v) is 12.9. The van der Waals surface area contributed by atoms with E-state index in [-0.39, 0.29) is 24.2 Å². The van der Waals surface area contributed by atoms with Crippen molar-refractivity contribution in [2.45, 2.75) is 13.5 Å². The second kappa shape index (κ2) is 5.42. The van der Waals surface area contributed by atoms with Gasteiger partial charge in [0.05, 0.1) is 11.1 Å². The van der Waals surface area contributed by atoms with Crippen molar-refractivity contribution in [3.05, 3.63) is 71.1 Å². The summed E-state index contributed by atoms with van der Waals surface area (Å²) in [5, 5.41) is 3.95. The molecule has 0 bridgehead atoms. The maximum atomic E-state index is 12.4. The summed E-state index contributed by atoms with van der Waals surface area (Å²) in [6.07, 6.45) is 0. The van der Waals surface area contributed by atoms with Crippen LogP contribution in [0, 0.1) is 6.92 Å². The maximum absolute atomic E-state index is 12.4. The molecule has 1 aromatic heterocycles. The second-order valence-corrected chi connectivity index (χ2v) is 5.57. The highest BCUT2D eigenvalue weighted by Gasteiger charge is 2.36. The van der Waals surface area contributed by atoms with E-state index in [2.05, 4.69) is 10.1 Å². The van der Waals surface area contributed by atoms with Crippen LogP contribution in [0.2, 0.25) is 0 Å². The summed E-state index contributed by atoms with van der Waals surface area (Å²) in [6.45, 7) is 1.92. The van der Waals surface area contributed by atoms with Gasteiger partial charge in [-0.05, 0) is 24.6 Å². The Bertz CT molecular complexity index is 926. The van der Waals surface area contributed by atoms with Crippen molar-refractivity contribution in [2.75, 3.05) is 0 Å². The smallest absolute Gasteiger partial charge is 0.262 e. The van der Waals surface area contributed by atoms with Gasteiger partial charge < -0.3 is 4.52 Å². The molecule has 4 rings (SSSR count). The first kappa shape index (κ1) is 14.3. The quantitative estimate of drug-likeness (QED) is 0.694. The Hall–Kier alpha value is -3.28. The zero-order chi connectivity index (χ0) is 16.7. The Morgan fingerprint density at radius 1 is 0.917 bits per heavy atom. The van der Waals surface area contributed by atoms with Gasteiger partial charge in [0.25, 0.3) is 11.8 Å². The molecule has 0 aliphatic carbocycles. The van der Waals surface area contributed by atoms with Crippen molar-refractivity contribution in [3.63, 3.8) is 0 Å². The number of benzene rings is 2. The molecule has 0 N–H and O–H groups in total. The molecule has 0 spiro atoms. The average Bonchev–Trinajstić information content (AvgIpc) is 3.15. The van der Waals surface area contributed by atoms with Crippen LogP contribution in [0.25, 0.3) is 11.4 Å². The first-order valence-corrected chi connectivity index (χ1v) is 7.49. The Morgan fingerprint density at radius 3 is 2.12 bits per heavy atom. The molecule has 0 saturated heterocycles. The summed E-state index contributed by atoms with van der Waals surface area (Å²) < 4.78 is 5.22. The van der Waals surface area contributed by atoms with Gasteiger partial charge in [-0.2, -0.15) is 4.98 Å². The number of aromatic nitrogens is 2. The highest BCUT2D eigenvalue weighted by molar-refractivity contribution is 6.21. The van der Waals surface area contributed by atoms with E-state index in [0.29, 0.717) is 17.0 Å². The van der Waals surface area contributed by atoms with Crippen LogP contribution in [0.5, 0.6) is 0 Å².